The summed E-state index contributed by atoms with van der Waals surface area (Å²) in [5, 5.41) is 11.9. The predicted molar refractivity (Wildman–Crippen MR) is 81.9 cm³/mol. The third-order valence-electron chi connectivity index (χ3n) is 3.12. The van der Waals surface area contributed by atoms with E-state index in [0.717, 1.165) is 0 Å². The van der Waals surface area contributed by atoms with E-state index in [9.17, 15) is 14.4 Å². The van der Waals surface area contributed by atoms with Gasteiger partial charge in [0.25, 0.3) is 0 Å². The normalized spacial score (nSPS) is 12.0. The molecule has 1 unspecified atom stereocenters. The second-order valence-electron chi connectivity index (χ2n) is 4.99. The van der Waals surface area contributed by atoms with E-state index in [4.69, 9.17) is 22.4 Å². The van der Waals surface area contributed by atoms with Gasteiger partial charge >= 0.3 is 5.97 Å². The summed E-state index contributed by atoms with van der Waals surface area (Å²) in [5.74, 6) is -2.35. The van der Waals surface area contributed by atoms with Crippen LogP contribution in [0.2, 0.25) is 5.02 Å². The standard InChI is InChI=1S/C14H15ClN4O4/c15-8-1-4-12-17-9(7-19(12)6-8)5-13(21)18-10(14(22)23)2-3-11(16)20/h1,4,6-7,10H,2-3,5H2,(H2,16,20)(H,18,21)(H,22,23). The summed E-state index contributed by atoms with van der Waals surface area (Å²) < 4.78 is 1.67. The summed E-state index contributed by atoms with van der Waals surface area (Å²) >= 11 is 5.87. The molecule has 0 radical (unpaired) electrons. The van der Waals surface area contributed by atoms with E-state index in [1.807, 2.05) is 0 Å². The van der Waals surface area contributed by atoms with Crippen LogP contribution in [0, 0.1) is 0 Å². The molecule has 9 heteroatoms. The zero-order chi connectivity index (χ0) is 17.0. The fourth-order valence-corrected chi connectivity index (χ4v) is 2.22. The Labute approximate surface area is 136 Å². The van der Waals surface area contributed by atoms with Gasteiger partial charge in [-0.2, -0.15) is 0 Å². The molecule has 0 aliphatic carbocycles. The number of nitrogens with one attached hydrogen (secondary N) is 1. The van der Waals surface area contributed by atoms with Gasteiger partial charge in [-0.25, -0.2) is 9.78 Å². The maximum absolute atomic E-state index is 11.9. The van der Waals surface area contributed by atoms with E-state index in [0.29, 0.717) is 16.4 Å². The lowest BCUT2D eigenvalue weighted by molar-refractivity contribution is -0.142. The first-order chi connectivity index (χ1) is 10.8. The molecule has 0 fully saturated rings. The Morgan fingerprint density at radius 1 is 1.35 bits per heavy atom. The quantitative estimate of drug-likeness (QED) is 0.672. The lowest BCUT2D eigenvalue weighted by atomic mass is 10.1. The third kappa shape index (κ3) is 4.68. The molecule has 2 aromatic rings. The van der Waals surface area contributed by atoms with Crippen LogP contribution in [0.15, 0.2) is 24.5 Å². The van der Waals surface area contributed by atoms with E-state index in [1.54, 1.807) is 28.9 Å². The monoisotopic (exact) mass is 338 g/mol. The summed E-state index contributed by atoms with van der Waals surface area (Å²) in [7, 11) is 0. The summed E-state index contributed by atoms with van der Waals surface area (Å²) in [6, 6.07) is 2.22. The lowest BCUT2D eigenvalue weighted by Gasteiger charge is -2.13. The minimum absolute atomic E-state index is 0.0584. The molecule has 1 atom stereocenters. The van der Waals surface area contributed by atoms with Gasteiger partial charge in [-0.3, -0.25) is 9.59 Å². The molecule has 2 rings (SSSR count). The van der Waals surface area contributed by atoms with Crippen LogP contribution >= 0.6 is 11.6 Å². The Bertz CT molecular complexity index is 758. The van der Waals surface area contributed by atoms with Crippen molar-refractivity contribution in [2.75, 3.05) is 0 Å². The number of carbonyl (C=O) groups excluding carboxylic acids is 2. The number of carboxylic acids is 1. The van der Waals surface area contributed by atoms with Gasteiger partial charge in [-0.15, -0.1) is 0 Å². The molecule has 23 heavy (non-hydrogen) atoms. The van der Waals surface area contributed by atoms with Gasteiger partial charge in [0.1, 0.15) is 11.7 Å². The van der Waals surface area contributed by atoms with Gasteiger partial charge in [0, 0.05) is 18.8 Å². The number of carboxylic acid groups (broad SMARTS) is 1. The van der Waals surface area contributed by atoms with Gasteiger partial charge in [-0.05, 0) is 18.6 Å². The Morgan fingerprint density at radius 3 is 2.74 bits per heavy atom. The molecule has 0 aromatic carbocycles. The van der Waals surface area contributed by atoms with Crippen molar-refractivity contribution < 1.29 is 19.5 Å². The molecule has 0 saturated heterocycles. The number of nitrogens with two attached hydrogens (primary N) is 1. The first kappa shape index (κ1) is 16.8. The number of pyridine rings is 1. The van der Waals surface area contributed by atoms with Crippen LogP contribution < -0.4 is 11.1 Å². The summed E-state index contributed by atoms with van der Waals surface area (Å²) in [4.78, 5) is 38.0. The zero-order valence-corrected chi connectivity index (χ0v) is 12.8. The molecule has 8 nitrogen and oxygen atoms in total. The molecule has 2 amide bonds. The summed E-state index contributed by atoms with van der Waals surface area (Å²) in [6.45, 7) is 0. The van der Waals surface area contributed by atoms with Crippen molar-refractivity contribution >= 4 is 35.0 Å². The SMILES string of the molecule is NC(=O)CCC(NC(=O)Cc1cn2cc(Cl)ccc2n1)C(=O)O. The molecule has 2 aromatic heterocycles. The van der Waals surface area contributed by atoms with Crippen molar-refractivity contribution in [1.29, 1.82) is 0 Å². The second kappa shape index (κ2) is 7.10. The highest BCUT2D eigenvalue weighted by atomic mass is 35.5. The van der Waals surface area contributed by atoms with Crippen LogP contribution in [0.4, 0.5) is 0 Å². The van der Waals surface area contributed by atoms with E-state index >= 15 is 0 Å². The number of carbonyl (C=O) groups is 3. The number of rotatable bonds is 7. The maximum atomic E-state index is 11.9. The van der Waals surface area contributed by atoms with Crippen molar-refractivity contribution in [3.8, 4) is 0 Å². The molecule has 0 aliphatic rings. The van der Waals surface area contributed by atoms with E-state index < -0.39 is 23.8 Å². The largest absolute Gasteiger partial charge is 0.480 e. The van der Waals surface area contributed by atoms with Crippen LogP contribution in [0.1, 0.15) is 18.5 Å². The number of hydrogen-bond donors (Lipinski definition) is 3. The number of aromatic nitrogens is 2. The van der Waals surface area contributed by atoms with Crippen LogP contribution in [-0.2, 0) is 20.8 Å². The smallest absolute Gasteiger partial charge is 0.326 e. The maximum Gasteiger partial charge on any atom is 0.326 e. The number of nitrogens with zero attached hydrogens (tertiary/aromatic N) is 2. The number of hydrogen-bond acceptors (Lipinski definition) is 4. The van der Waals surface area contributed by atoms with Gasteiger partial charge < -0.3 is 20.6 Å². The number of primary amides is 1. The van der Waals surface area contributed by atoms with Gasteiger partial charge in [0.05, 0.1) is 17.1 Å². The molecule has 0 saturated carbocycles. The van der Waals surface area contributed by atoms with Crippen LogP contribution in [0.25, 0.3) is 5.65 Å². The number of fused-ring (bicyclic) bond motifs is 1. The molecule has 4 N–H and O–H groups in total. The van der Waals surface area contributed by atoms with E-state index in [-0.39, 0.29) is 19.3 Å². The number of imidazole rings is 1. The fraction of sp³-hybridized carbons (Fsp3) is 0.286. The molecule has 122 valence electrons. The van der Waals surface area contributed by atoms with Crippen molar-refractivity contribution in [1.82, 2.24) is 14.7 Å². The van der Waals surface area contributed by atoms with Crippen LogP contribution in [0.3, 0.4) is 0 Å². The minimum Gasteiger partial charge on any atom is -0.480 e. The van der Waals surface area contributed by atoms with Gasteiger partial charge in [0.15, 0.2) is 0 Å². The zero-order valence-electron chi connectivity index (χ0n) is 12.0. The van der Waals surface area contributed by atoms with Crippen molar-refractivity contribution in [2.45, 2.75) is 25.3 Å². The van der Waals surface area contributed by atoms with Crippen LogP contribution in [0.5, 0.6) is 0 Å². The first-order valence-corrected chi connectivity index (χ1v) is 7.16. The van der Waals surface area contributed by atoms with E-state index in [2.05, 4.69) is 10.3 Å². The van der Waals surface area contributed by atoms with Gasteiger partial charge in [-0.1, -0.05) is 11.6 Å². The minimum atomic E-state index is -1.22. The number of halogens is 1. The Hall–Kier alpha value is -2.61. The summed E-state index contributed by atoms with van der Waals surface area (Å²) in [5.41, 5.74) is 6.08. The molecule has 0 aliphatic heterocycles. The third-order valence-corrected chi connectivity index (χ3v) is 3.34. The van der Waals surface area contributed by atoms with Crippen LogP contribution in [-0.4, -0.2) is 38.3 Å². The highest BCUT2D eigenvalue weighted by Crippen LogP contribution is 2.12. The molecular weight excluding hydrogens is 324 g/mol. The summed E-state index contributed by atoms with van der Waals surface area (Å²) in [6.07, 6.45) is 3.03. The van der Waals surface area contributed by atoms with Crippen molar-refractivity contribution in [3.63, 3.8) is 0 Å². The lowest BCUT2D eigenvalue weighted by Crippen LogP contribution is -2.42. The van der Waals surface area contributed by atoms with Gasteiger partial charge in [0.2, 0.25) is 11.8 Å². The highest BCUT2D eigenvalue weighted by Gasteiger charge is 2.21. The average Bonchev–Trinajstić information content (AvgIpc) is 2.83. The molecular formula is C14H15ClN4O4. The second-order valence-corrected chi connectivity index (χ2v) is 5.42. The topological polar surface area (TPSA) is 127 Å². The van der Waals surface area contributed by atoms with Crippen molar-refractivity contribution in [3.05, 3.63) is 35.2 Å². The highest BCUT2D eigenvalue weighted by molar-refractivity contribution is 6.30. The Morgan fingerprint density at radius 2 is 2.09 bits per heavy atom. The molecule has 0 bridgehead atoms. The number of aliphatic carboxylic acids is 1. The fourth-order valence-electron chi connectivity index (χ4n) is 2.06. The van der Waals surface area contributed by atoms with Crippen molar-refractivity contribution in [2.24, 2.45) is 5.73 Å². The molecule has 2 heterocycles. The van der Waals surface area contributed by atoms with E-state index in [1.165, 1.54) is 0 Å². The Balaban J connectivity index is 2.01. The predicted octanol–water partition coefficient (Wildman–Crippen LogP) is 0.365. The molecule has 0 spiro atoms. The first-order valence-electron chi connectivity index (χ1n) is 6.79. The number of amides is 2. The Kier molecular flexibility index (Phi) is 5.17. The average molecular weight is 339 g/mol.